The van der Waals surface area contributed by atoms with Gasteiger partial charge >= 0.3 is 5.97 Å². The Morgan fingerprint density at radius 2 is 1.75 bits per heavy atom. The molecule has 1 unspecified atom stereocenters. The SMILES string of the molecule is CCC(C)[C@H]1O[C@]2(C=C[C@@H]1C)C[C@@H]1C[C@@H](C/C=C(\C)[C@@H](O[C@H]3C[C@H](OC)[C@@H](O[C@H]4C[C@H](OC)[C@@](O)(CSc5ncc[nH]5)[C@H](C)O4)[C@H](C)O3)[C@@H](C)/C=C/C=C3\CO[C@@H]4[C@H](O)C(C)=C[C@@H](C(=O)O1)[C@]34O)O2. The number of thioether (sulfide) groups is 1. The number of esters is 1. The lowest BCUT2D eigenvalue weighted by Crippen LogP contribution is -2.62. The van der Waals surface area contributed by atoms with E-state index >= 15 is 0 Å². The zero-order valence-corrected chi connectivity index (χ0v) is 42.7. The number of hydrogen-bond donors (Lipinski definition) is 4. The lowest BCUT2D eigenvalue weighted by Gasteiger charge is -2.48. The quantitative estimate of drug-likeness (QED) is 0.110. The number of aliphatic hydroxyl groups is 3. The van der Waals surface area contributed by atoms with E-state index in [2.05, 4.69) is 49.8 Å². The van der Waals surface area contributed by atoms with E-state index in [1.165, 1.54) is 11.8 Å². The smallest absolute Gasteiger partial charge is 0.316 e. The molecule has 7 heterocycles. The van der Waals surface area contributed by atoms with Crippen molar-refractivity contribution < 1.29 is 67.5 Å². The Balaban J connectivity index is 1.04. The second-order valence-corrected chi connectivity index (χ2v) is 21.5. The molecule has 4 N–H and O–H groups in total. The van der Waals surface area contributed by atoms with Gasteiger partial charge in [-0.3, -0.25) is 4.79 Å². The van der Waals surface area contributed by atoms with Crippen molar-refractivity contribution in [3.8, 4) is 0 Å². The molecule has 6 aliphatic heterocycles. The van der Waals surface area contributed by atoms with Crippen molar-refractivity contribution in [3.63, 3.8) is 0 Å². The summed E-state index contributed by atoms with van der Waals surface area (Å²) in [6.07, 6.45) is 11.9. The van der Waals surface area contributed by atoms with Gasteiger partial charge in [0.25, 0.3) is 0 Å². The number of aromatic nitrogens is 2. The number of rotatable bonds is 11. The molecule has 2 bridgehead atoms. The number of aliphatic hydroxyl groups excluding tert-OH is 1. The fourth-order valence-electron chi connectivity index (χ4n) is 11.4. The van der Waals surface area contributed by atoms with Crippen LogP contribution in [0, 0.1) is 23.7 Å². The van der Waals surface area contributed by atoms with Crippen LogP contribution in [-0.4, -0.2) is 155 Å². The highest BCUT2D eigenvalue weighted by Crippen LogP contribution is 2.47. The average molecular weight is 985 g/mol. The van der Waals surface area contributed by atoms with Crippen LogP contribution >= 0.6 is 11.8 Å². The highest BCUT2D eigenvalue weighted by atomic mass is 32.2. The highest BCUT2D eigenvalue weighted by Gasteiger charge is 2.60. The minimum atomic E-state index is -1.85. The van der Waals surface area contributed by atoms with Gasteiger partial charge in [0, 0.05) is 69.9 Å². The Bertz CT molecular complexity index is 2080. The Morgan fingerprint density at radius 3 is 2.48 bits per heavy atom. The fraction of sp³-hybridized carbons (Fsp3) is 0.731. The predicted octanol–water partition coefficient (Wildman–Crippen LogP) is 6.26. The van der Waals surface area contributed by atoms with E-state index in [-0.39, 0.29) is 36.9 Å². The summed E-state index contributed by atoms with van der Waals surface area (Å²) >= 11 is 1.40. The Hall–Kier alpha value is -2.75. The zero-order valence-electron chi connectivity index (χ0n) is 41.9. The summed E-state index contributed by atoms with van der Waals surface area (Å²) in [6.45, 7) is 16.1. The molecule has 1 aromatic heterocycles. The standard InChI is InChI=1S/C52H76N2O14S/c1-11-28(2)45-31(5)17-18-50(68-45)25-37-22-36(67-50)16-15-30(4)44(29(3)13-12-14-35-26-61-47-43(55)32(6)21-38(48(56)64-37)52(35,47)58)65-41-23-39(59-9)46(33(7)62-41)66-42-24-40(60-10)51(57,34(8)63-42)27-69-49-53-19-20-54-49/h12-15,17-21,28-29,31,33-34,36-47,55,57-58H,11,16,22-27H2,1-10H3,(H,53,54)/b13-12+,30-15+,35-14+/t28?,29-,31-,33-,34-,36+,37-,38-,39-,40-,41-,42-,43+,44-,45+,46-,47+,50+,51+,52+/m0/s1. The average Bonchev–Trinajstić information content (AvgIpc) is 3.98. The first kappa shape index (κ1) is 52.6. The number of allylic oxidation sites excluding steroid dienone is 2. The first-order valence-electron chi connectivity index (χ1n) is 24.9. The first-order valence-corrected chi connectivity index (χ1v) is 25.9. The maximum atomic E-state index is 14.4. The van der Waals surface area contributed by atoms with Crippen molar-refractivity contribution in [3.05, 3.63) is 71.6 Å². The largest absolute Gasteiger partial charge is 0.462 e. The normalized spacial score (nSPS) is 46.4. The van der Waals surface area contributed by atoms with Gasteiger partial charge in [-0.1, -0.05) is 82.3 Å². The van der Waals surface area contributed by atoms with Gasteiger partial charge in [0.2, 0.25) is 0 Å². The number of fused-ring (bicyclic) bond motifs is 2. The molecule has 384 valence electrons. The second-order valence-electron chi connectivity index (χ2n) is 20.5. The van der Waals surface area contributed by atoms with Crippen molar-refractivity contribution in [1.82, 2.24) is 9.97 Å². The van der Waals surface area contributed by atoms with Crippen LogP contribution in [0.4, 0.5) is 0 Å². The van der Waals surface area contributed by atoms with Gasteiger partial charge in [-0.05, 0) is 62.8 Å². The fourth-order valence-corrected chi connectivity index (χ4v) is 12.5. The maximum absolute atomic E-state index is 14.4. The molecule has 20 atom stereocenters. The summed E-state index contributed by atoms with van der Waals surface area (Å²) < 4.78 is 64.8. The number of carbonyl (C=O) groups excluding carboxylic acids is 1. The van der Waals surface area contributed by atoms with E-state index in [9.17, 15) is 20.1 Å². The monoisotopic (exact) mass is 985 g/mol. The molecule has 7 aliphatic rings. The van der Waals surface area contributed by atoms with Gasteiger partial charge in [0.1, 0.15) is 41.5 Å². The van der Waals surface area contributed by atoms with Gasteiger partial charge in [-0.25, -0.2) is 4.98 Å². The molecule has 1 aliphatic carbocycles. The zero-order chi connectivity index (χ0) is 49.4. The van der Waals surface area contributed by atoms with Crippen LogP contribution < -0.4 is 0 Å². The Morgan fingerprint density at radius 1 is 0.971 bits per heavy atom. The molecule has 4 fully saturated rings. The van der Waals surface area contributed by atoms with Crippen molar-refractivity contribution >= 4 is 17.7 Å². The van der Waals surface area contributed by atoms with Crippen LogP contribution in [0.1, 0.15) is 93.9 Å². The number of nitrogens with zero attached hydrogens (tertiary/aromatic N) is 1. The topological polar surface area (TPSA) is 199 Å². The van der Waals surface area contributed by atoms with Gasteiger partial charge < -0.3 is 67.7 Å². The van der Waals surface area contributed by atoms with E-state index in [4.69, 9.17) is 47.4 Å². The third-order valence-electron chi connectivity index (χ3n) is 15.8. The molecule has 4 saturated heterocycles. The summed E-state index contributed by atoms with van der Waals surface area (Å²) in [5, 5.41) is 36.3. The summed E-state index contributed by atoms with van der Waals surface area (Å²) in [5.74, 6) is -2.32. The number of carbonyl (C=O) groups is 1. The van der Waals surface area contributed by atoms with E-state index in [0.29, 0.717) is 47.7 Å². The highest BCUT2D eigenvalue weighted by molar-refractivity contribution is 7.99. The summed E-state index contributed by atoms with van der Waals surface area (Å²) in [4.78, 5) is 21.8. The number of aromatic amines is 1. The van der Waals surface area contributed by atoms with Crippen LogP contribution in [0.25, 0.3) is 0 Å². The molecule has 8 rings (SSSR count). The van der Waals surface area contributed by atoms with Crippen LogP contribution in [0.2, 0.25) is 0 Å². The van der Waals surface area contributed by atoms with Crippen molar-refractivity contribution in [2.75, 3.05) is 26.6 Å². The van der Waals surface area contributed by atoms with Crippen LogP contribution in [-0.2, 0) is 52.2 Å². The van der Waals surface area contributed by atoms with Crippen molar-refractivity contribution in [2.45, 2.75) is 196 Å². The third-order valence-corrected chi connectivity index (χ3v) is 16.9. The third kappa shape index (κ3) is 10.8. The number of ether oxygens (including phenoxy) is 10. The van der Waals surface area contributed by atoms with Crippen molar-refractivity contribution in [2.24, 2.45) is 23.7 Å². The minimum Gasteiger partial charge on any atom is -0.462 e. The molecule has 0 aromatic carbocycles. The van der Waals surface area contributed by atoms with Crippen LogP contribution in [0.3, 0.4) is 0 Å². The van der Waals surface area contributed by atoms with Gasteiger partial charge in [0.05, 0.1) is 49.3 Å². The molecule has 69 heavy (non-hydrogen) atoms. The van der Waals surface area contributed by atoms with Gasteiger partial charge in [-0.15, -0.1) is 0 Å². The molecule has 16 nitrogen and oxygen atoms in total. The molecule has 17 heteroatoms. The lowest BCUT2D eigenvalue weighted by atomic mass is 9.71. The second kappa shape index (κ2) is 21.8. The first-order chi connectivity index (χ1) is 32.9. The molecular formula is C52H76N2O14S. The molecule has 1 spiro atoms. The van der Waals surface area contributed by atoms with Crippen molar-refractivity contribution in [1.29, 1.82) is 0 Å². The van der Waals surface area contributed by atoms with E-state index in [0.717, 1.165) is 12.0 Å². The molecule has 0 radical (unpaired) electrons. The summed E-state index contributed by atoms with van der Waals surface area (Å²) in [7, 11) is 3.23. The number of methoxy groups -OCH3 is 2. The molecule has 1 aromatic rings. The van der Waals surface area contributed by atoms with Crippen LogP contribution in [0.5, 0.6) is 0 Å². The summed E-state index contributed by atoms with van der Waals surface area (Å²) in [6, 6.07) is 0. The van der Waals surface area contributed by atoms with E-state index < -0.39 is 102 Å². The lowest BCUT2D eigenvalue weighted by molar-refractivity contribution is -0.329. The summed E-state index contributed by atoms with van der Waals surface area (Å²) in [5.41, 5.74) is -1.20. The van der Waals surface area contributed by atoms with Gasteiger partial charge in [-0.2, -0.15) is 0 Å². The van der Waals surface area contributed by atoms with E-state index in [1.807, 2.05) is 39.0 Å². The molecule has 0 amide bonds. The number of nitrogens with one attached hydrogen (secondary N) is 1. The predicted molar refractivity (Wildman–Crippen MR) is 256 cm³/mol. The van der Waals surface area contributed by atoms with E-state index in [1.54, 1.807) is 45.7 Å². The number of imidazole rings is 1. The van der Waals surface area contributed by atoms with Crippen LogP contribution in [0.15, 0.2) is 76.8 Å². The Labute approximate surface area is 411 Å². The Kier molecular flexibility index (Phi) is 16.6. The minimum absolute atomic E-state index is 0.0229. The maximum Gasteiger partial charge on any atom is 0.316 e. The molecule has 0 saturated carbocycles. The number of H-pyrrole nitrogens is 1. The van der Waals surface area contributed by atoms with Gasteiger partial charge in [0.15, 0.2) is 23.5 Å². The molecular weight excluding hydrogens is 909 g/mol. The number of hydrogen-bond acceptors (Lipinski definition) is 16.